The van der Waals surface area contributed by atoms with Gasteiger partial charge >= 0.3 is 6.36 Å². The SMILES string of the molecule is CCS(=O)(=O)CCOc1ccc(S(=O)(=O)NCc2ccccc2OC(F)(F)F)cc1. The van der Waals surface area contributed by atoms with Crippen LogP contribution in [0.5, 0.6) is 11.5 Å². The van der Waals surface area contributed by atoms with E-state index in [4.69, 9.17) is 4.74 Å². The lowest BCUT2D eigenvalue weighted by atomic mass is 10.2. The number of hydrogen-bond donors (Lipinski definition) is 1. The number of ether oxygens (including phenoxy) is 2. The van der Waals surface area contributed by atoms with E-state index in [0.29, 0.717) is 0 Å². The van der Waals surface area contributed by atoms with Crippen molar-refractivity contribution in [2.45, 2.75) is 24.7 Å². The third kappa shape index (κ3) is 7.50. The van der Waals surface area contributed by atoms with E-state index in [-0.39, 0.29) is 34.3 Å². The zero-order chi connectivity index (χ0) is 22.4. The average molecular weight is 467 g/mol. The van der Waals surface area contributed by atoms with Crippen LogP contribution in [0, 0.1) is 0 Å². The van der Waals surface area contributed by atoms with Gasteiger partial charge in [0.15, 0.2) is 9.84 Å². The lowest BCUT2D eigenvalue weighted by molar-refractivity contribution is -0.274. The number of benzene rings is 2. The number of nitrogens with one attached hydrogen (secondary N) is 1. The predicted molar refractivity (Wildman–Crippen MR) is 103 cm³/mol. The fourth-order valence-corrected chi connectivity index (χ4v) is 3.91. The normalized spacial score (nSPS) is 12.5. The van der Waals surface area contributed by atoms with E-state index in [2.05, 4.69) is 9.46 Å². The number of alkyl halides is 3. The fraction of sp³-hybridized carbons (Fsp3) is 0.333. The molecule has 0 bridgehead atoms. The lowest BCUT2D eigenvalue weighted by Gasteiger charge is -2.14. The van der Waals surface area contributed by atoms with E-state index in [1.807, 2.05) is 0 Å². The molecule has 0 aliphatic rings. The minimum absolute atomic E-state index is 0.00362. The molecule has 30 heavy (non-hydrogen) atoms. The summed E-state index contributed by atoms with van der Waals surface area (Å²) in [7, 11) is -7.20. The maximum absolute atomic E-state index is 12.5. The van der Waals surface area contributed by atoms with E-state index < -0.39 is 38.5 Å². The zero-order valence-electron chi connectivity index (χ0n) is 15.8. The maximum atomic E-state index is 12.5. The molecule has 0 aromatic heterocycles. The van der Waals surface area contributed by atoms with Crippen LogP contribution in [-0.4, -0.2) is 41.3 Å². The summed E-state index contributed by atoms with van der Waals surface area (Å²) in [5.74, 6) is -0.386. The van der Waals surface area contributed by atoms with E-state index in [0.717, 1.165) is 6.07 Å². The molecule has 7 nitrogen and oxygen atoms in total. The Hall–Kier alpha value is -2.31. The van der Waals surface area contributed by atoms with Crippen molar-refractivity contribution >= 4 is 19.9 Å². The minimum Gasteiger partial charge on any atom is -0.493 e. The Kier molecular flexibility index (Phi) is 7.72. The monoisotopic (exact) mass is 467 g/mol. The molecule has 0 aliphatic carbocycles. The second-order valence-corrected chi connectivity index (χ2v) is 10.3. The Labute approximate surface area is 172 Å². The van der Waals surface area contributed by atoms with Crippen LogP contribution in [0.25, 0.3) is 0 Å². The van der Waals surface area contributed by atoms with Gasteiger partial charge in [0.1, 0.15) is 18.1 Å². The lowest BCUT2D eigenvalue weighted by Crippen LogP contribution is -2.24. The van der Waals surface area contributed by atoms with Gasteiger partial charge in [0.05, 0.1) is 10.6 Å². The fourth-order valence-electron chi connectivity index (χ4n) is 2.28. The van der Waals surface area contributed by atoms with Crippen molar-refractivity contribution in [1.82, 2.24) is 4.72 Å². The summed E-state index contributed by atoms with van der Waals surface area (Å²) in [6.07, 6.45) is -4.90. The summed E-state index contributed by atoms with van der Waals surface area (Å²) in [6, 6.07) is 10.4. The summed E-state index contributed by atoms with van der Waals surface area (Å²) in [6.45, 7) is 1.04. The molecule has 0 fully saturated rings. The number of hydrogen-bond acceptors (Lipinski definition) is 6. The van der Waals surface area contributed by atoms with E-state index in [1.165, 1.54) is 49.4 Å². The van der Waals surface area contributed by atoms with Gasteiger partial charge < -0.3 is 9.47 Å². The van der Waals surface area contributed by atoms with Crippen LogP contribution in [0.4, 0.5) is 13.2 Å². The quantitative estimate of drug-likeness (QED) is 0.577. The third-order valence-electron chi connectivity index (χ3n) is 3.89. The summed E-state index contributed by atoms with van der Waals surface area (Å²) in [4.78, 5) is -0.134. The Balaban J connectivity index is 2.01. The smallest absolute Gasteiger partial charge is 0.493 e. The van der Waals surface area contributed by atoms with Gasteiger partial charge in [0, 0.05) is 17.9 Å². The Bertz CT molecular complexity index is 1050. The molecule has 1 N–H and O–H groups in total. The molecular weight excluding hydrogens is 447 g/mol. The first-order valence-corrected chi connectivity index (χ1v) is 12.0. The highest BCUT2D eigenvalue weighted by atomic mass is 32.2. The Morgan fingerprint density at radius 2 is 1.60 bits per heavy atom. The van der Waals surface area contributed by atoms with Gasteiger partial charge in [-0.3, -0.25) is 0 Å². The summed E-state index contributed by atoms with van der Waals surface area (Å²) >= 11 is 0. The highest BCUT2D eigenvalue weighted by Gasteiger charge is 2.32. The molecule has 2 rings (SSSR count). The van der Waals surface area contributed by atoms with Gasteiger partial charge in [-0.15, -0.1) is 13.2 Å². The number of para-hydroxylation sites is 1. The van der Waals surface area contributed by atoms with Crippen LogP contribution in [0.1, 0.15) is 12.5 Å². The van der Waals surface area contributed by atoms with Crippen LogP contribution in [-0.2, 0) is 26.4 Å². The van der Waals surface area contributed by atoms with Crippen LogP contribution in [0.15, 0.2) is 53.4 Å². The second-order valence-electron chi connectivity index (χ2n) is 6.04. The van der Waals surface area contributed by atoms with Gasteiger partial charge in [-0.25, -0.2) is 21.6 Å². The zero-order valence-corrected chi connectivity index (χ0v) is 17.5. The molecule has 0 atom stereocenters. The average Bonchev–Trinajstić information content (AvgIpc) is 2.66. The molecule has 166 valence electrons. The van der Waals surface area contributed by atoms with E-state index in [1.54, 1.807) is 0 Å². The molecule has 0 saturated carbocycles. The van der Waals surface area contributed by atoms with Crippen LogP contribution < -0.4 is 14.2 Å². The van der Waals surface area contributed by atoms with E-state index >= 15 is 0 Å². The third-order valence-corrected chi connectivity index (χ3v) is 6.97. The predicted octanol–water partition coefficient (Wildman–Crippen LogP) is 2.88. The number of rotatable bonds is 10. The van der Waals surface area contributed by atoms with Crippen LogP contribution in [0.2, 0.25) is 0 Å². The Morgan fingerprint density at radius 3 is 2.20 bits per heavy atom. The molecule has 0 aliphatic heterocycles. The molecule has 0 unspecified atom stereocenters. The largest absolute Gasteiger partial charge is 0.573 e. The molecule has 0 heterocycles. The molecule has 0 amide bonds. The van der Waals surface area contributed by atoms with Crippen molar-refractivity contribution in [2.75, 3.05) is 18.1 Å². The molecule has 12 heteroatoms. The van der Waals surface area contributed by atoms with E-state index in [9.17, 15) is 30.0 Å². The van der Waals surface area contributed by atoms with Crippen molar-refractivity contribution in [3.63, 3.8) is 0 Å². The number of sulfone groups is 1. The highest BCUT2D eigenvalue weighted by molar-refractivity contribution is 7.91. The second kappa shape index (κ2) is 9.67. The van der Waals surface area contributed by atoms with Gasteiger partial charge in [-0.2, -0.15) is 0 Å². The standard InChI is InChI=1S/C18H20F3NO6S2/c1-2-29(23,24)12-11-27-15-7-9-16(10-8-15)30(25,26)22-13-14-5-3-4-6-17(14)28-18(19,20)21/h3-10,22H,2,11-13H2,1H3. The van der Waals surface area contributed by atoms with Gasteiger partial charge in [0.25, 0.3) is 0 Å². The molecule has 0 radical (unpaired) electrons. The van der Waals surface area contributed by atoms with Crippen molar-refractivity contribution in [3.8, 4) is 11.5 Å². The van der Waals surface area contributed by atoms with Gasteiger partial charge in [-0.1, -0.05) is 25.1 Å². The van der Waals surface area contributed by atoms with Crippen molar-refractivity contribution < 1.29 is 39.5 Å². The highest BCUT2D eigenvalue weighted by Crippen LogP contribution is 2.26. The number of sulfonamides is 1. The summed E-state index contributed by atoms with van der Waals surface area (Å²) in [5, 5.41) is 0. The maximum Gasteiger partial charge on any atom is 0.573 e. The summed E-state index contributed by atoms with van der Waals surface area (Å²) < 4.78 is 96.4. The topological polar surface area (TPSA) is 98.8 Å². The summed E-state index contributed by atoms with van der Waals surface area (Å²) in [5.41, 5.74) is 0.00971. The van der Waals surface area contributed by atoms with Gasteiger partial charge in [0.2, 0.25) is 10.0 Å². The van der Waals surface area contributed by atoms with Crippen molar-refractivity contribution in [3.05, 3.63) is 54.1 Å². The first-order valence-electron chi connectivity index (χ1n) is 8.68. The minimum atomic E-state index is -4.90. The van der Waals surface area contributed by atoms with Crippen molar-refractivity contribution in [1.29, 1.82) is 0 Å². The van der Waals surface area contributed by atoms with Crippen molar-refractivity contribution in [2.24, 2.45) is 0 Å². The Morgan fingerprint density at radius 1 is 0.967 bits per heavy atom. The first-order chi connectivity index (χ1) is 13.9. The molecular formula is C18H20F3NO6S2. The number of halogens is 3. The molecule has 2 aromatic carbocycles. The molecule has 0 spiro atoms. The van der Waals surface area contributed by atoms with Gasteiger partial charge in [-0.05, 0) is 30.3 Å². The first kappa shape index (κ1) is 24.0. The molecule has 0 saturated heterocycles. The van der Waals surface area contributed by atoms with Crippen LogP contribution >= 0.6 is 0 Å². The van der Waals surface area contributed by atoms with Crippen LogP contribution in [0.3, 0.4) is 0 Å². The molecule has 2 aromatic rings.